The minimum Gasteiger partial charge on any atom is -0.496 e. The smallest absolute Gasteiger partial charge is 0.255 e. The molecule has 0 heterocycles. The number of hydrogen-bond acceptors (Lipinski definition) is 5. The number of carbonyl (C=O) groups is 2. The van der Waals surface area contributed by atoms with Crippen molar-refractivity contribution in [1.82, 2.24) is 9.62 Å². The lowest BCUT2D eigenvalue weighted by Crippen LogP contribution is -2.38. The summed E-state index contributed by atoms with van der Waals surface area (Å²) in [5.74, 6) is -0.147. The van der Waals surface area contributed by atoms with Gasteiger partial charge in [-0.05, 0) is 49.2 Å². The second kappa shape index (κ2) is 11.3. The summed E-state index contributed by atoms with van der Waals surface area (Å²) < 4.78 is 32.5. The van der Waals surface area contributed by atoms with Crippen LogP contribution in [0.15, 0.2) is 53.4 Å². The molecule has 1 fully saturated rings. The van der Waals surface area contributed by atoms with Gasteiger partial charge >= 0.3 is 0 Å². The first-order valence-corrected chi connectivity index (χ1v) is 12.6. The van der Waals surface area contributed by atoms with Gasteiger partial charge in [-0.2, -0.15) is 4.31 Å². The van der Waals surface area contributed by atoms with Gasteiger partial charge in [-0.3, -0.25) is 9.59 Å². The molecule has 1 aliphatic carbocycles. The van der Waals surface area contributed by atoms with E-state index >= 15 is 0 Å². The van der Waals surface area contributed by atoms with E-state index in [0.717, 1.165) is 32.1 Å². The fourth-order valence-corrected chi connectivity index (χ4v) is 5.37. The summed E-state index contributed by atoms with van der Waals surface area (Å²) in [6.45, 7) is 0.154. The van der Waals surface area contributed by atoms with Crippen molar-refractivity contribution < 1.29 is 22.7 Å². The van der Waals surface area contributed by atoms with Gasteiger partial charge in [0, 0.05) is 31.7 Å². The molecule has 1 aliphatic rings. The maximum absolute atomic E-state index is 12.9. The first-order valence-electron chi connectivity index (χ1n) is 11.1. The number of anilines is 1. The molecular weight excluding hydrogens is 442 g/mol. The first-order chi connectivity index (χ1) is 15.8. The fraction of sp³-hybridized carbons (Fsp3) is 0.417. The van der Waals surface area contributed by atoms with Crippen molar-refractivity contribution in [3.8, 4) is 5.75 Å². The normalized spacial score (nSPS) is 14.6. The van der Waals surface area contributed by atoms with Crippen LogP contribution >= 0.6 is 0 Å². The Bertz CT molecular complexity index is 1060. The van der Waals surface area contributed by atoms with Gasteiger partial charge in [-0.25, -0.2) is 8.42 Å². The van der Waals surface area contributed by atoms with E-state index in [4.69, 9.17) is 4.74 Å². The second-order valence-electron chi connectivity index (χ2n) is 8.09. The summed E-state index contributed by atoms with van der Waals surface area (Å²) in [7, 11) is -0.447. The van der Waals surface area contributed by atoms with E-state index in [9.17, 15) is 18.0 Å². The number of nitrogens with zero attached hydrogens (tertiary/aromatic N) is 1. The number of benzene rings is 2. The minimum atomic E-state index is -3.58. The summed E-state index contributed by atoms with van der Waals surface area (Å²) in [5, 5.41) is 5.42. The largest absolute Gasteiger partial charge is 0.496 e. The SMILES string of the molecule is COc1ccccc1C(=O)NCCC(=O)Nc1ccc(S(=O)(=O)N(C)C2CCCCC2)cc1. The first kappa shape index (κ1) is 24.7. The Morgan fingerprint density at radius 3 is 2.36 bits per heavy atom. The molecule has 33 heavy (non-hydrogen) atoms. The topological polar surface area (TPSA) is 105 Å². The van der Waals surface area contributed by atoms with E-state index in [0.29, 0.717) is 17.0 Å². The van der Waals surface area contributed by atoms with Crippen molar-refractivity contribution in [2.75, 3.05) is 26.0 Å². The number of methoxy groups -OCH3 is 1. The highest BCUT2D eigenvalue weighted by Gasteiger charge is 2.28. The highest BCUT2D eigenvalue weighted by atomic mass is 32.2. The van der Waals surface area contributed by atoms with Crippen LogP contribution in [0.2, 0.25) is 0 Å². The summed E-state index contributed by atoms with van der Waals surface area (Å²) >= 11 is 0. The molecule has 2 N–H and O–H groups in total. The molecule has 9 heteroatoms. The van der Waals surface area contributed by atoms with Crippen LogP contribution in [0.5, 0.6) is 5.75 Å². The number of ether oxygens (including phenoxy) is 1. The zero-order valence-electron chi connectivity index (χ0n) is 19.0. The average molecular weight is 474 g/mol. The molecule has 8 nitrogen and oxygen atoms in total. The summed E-state index contributed by atoms with van der Waals surface area (Å²) in [6, 6.07) is 13.1. The molecule has 0 unspecified atom stereocenters. The predicted molar refractivity (Wildman–Crippen MR) is 127 cm³/mol. The molecular formula is C24H31N3O5S. The molecule has 0 bridgehead atoms. The van der Waals surface area contributed by atoms with Gasteiger partial charge in [0.15, 0.2) is 0 Å². The van der Waals surface area contributed by atoms with Crippen molar-refractivity contribution in [1.29, 1.82) is 0 Å². The van der Waals surface area contributed by atoms with Crippen LogP contribution in [-0.4, -0.2) is 51.3 Å². The molecule has 3 rings (SSSR count). The number of sulfonamides is 1. The van der Waals surface area contributed by atoms with E-state index < -0.39 is 10.0 Å². The van der Waals surface area contributed by atoms with Gasteiger partial charge in [0.05, 0.1) is 17.6 Å². The molecule has 0 aromatic heterocycles. The second-order valence-corrected chi connectivity index (χ2v) is 10.1. The van der Waals surface area contributed by atoms with E-state index in [1.165, 1.54) is 23.5 Å². The van der Waals surface area contributed by atoms with Crippen molar-refractivity contribution in [2.45, 2.75) is 49.5 Å². The Hall–Kier alpha value is -2.91. The lowest BCUT2D eigenvalue weighted by atomic mass is 9.96. The Morgan fingerprint density at radius 1 is 1.03 bits per heavy atom. The van der Waals surface area contributed by atoms with Gasteiger partial charge < -0.3 is 15.4 Å². The van der Waals surface area contributed by atoms with Crippen LogP contribution in [0.1, 0.15) is 48.9 Å². The Balaban J connectivity index is 1.51. The maximum atomic E-state index is 12.9. The third kappa shape index (κ3) is 6.33. The molecule has 0 spiro atoms. The van der Waals surface area contributed by atoms with Crippen LogP contribution in [0, 0.1) is 0 Å². The van der Waals surface area contributed by atoms with Crippen LogP contribution in [-0.2, 0) is 14.8 Å². The van der Waals surface area contributed by atoms with Gasteiger partial charge in [0.1, 0.15) is 5.75 Å². The van der Waals surface area contributed by atoms with Crippen LogP contribution in [0.4, 0.5) is 5.69 Å². The quantitative estimate of drug-likeness (QED) is 0.581. The number of rotatable bonds is 9. The maximum Gasteiger partial charge on any atom is 0.255 e. The van der Waals surface area contributed by atoms with Crippen LogP contribution < -0.4 is 15.4 Å². The molecule has 1 saturated carbocycles. The molecule has 2 aromatic carbocycles. The zero-order valence-corrected chi connectivity index (χ0v) is 19.9. The molecule has 0 atom stereocenters. The summed E-state index contributed by atoms with van der Waals surface area (Å²) in [5.41, 5.74) is 0.894. The molecule has 178 valence electrons. The standard InChI is InChI=1S/C24H31N3O5S/c1-27(19-8-4-3-5-9-19)33(30,31)20-14-12-18(13-15-20)26-23(28)16-17-25-24(29)21-10-6-7-11-22(21)32-2/h6-7,10-15,19H,3-5,8-9,16-17H2,1-2H3,(H,25,29)(H,26,28). The highest BCUT2D eigenvalue weighted by molar-refractivity contribution is 7.89. The molecule has 0 saturated heterocycles. The number of nitrogens with one attached hydrogen (secondary N) is 2. The summed E-state index contributed by atoms with van der Waals surface area (Å²) in [6.07, 6.45) is 5.10. The van der Waals surface area contributed by atoms with Gasteiger partial charge in [-0.1, -0.05) is 31.4 Å². The number of hydrogen-bond donors (Lipinski definition) is 2. The van der Waals surface area contributed by atoms with Crippen LogP contribution in [0.25, 0.3) is 0 Å². The Kier molecular flexibility index (Phi) is 8.46. The summed E-state index contributed by atoms with van der Waals surface area (Å²) in [4.78, 5) is 24.7. The van der Waals surface area contributed by atoms with E-state index in [1.807, 2.05) is 0 Å². The van der Waals surface area contributed by atoms with Gasteiger partial charge in [0.2, 0.25) is 15.9 Å². The fourth-order valence-electron chi connectivity index (χ4n) is 3.96. The van der Waals surface area contributed by atoms with E-state index in [-0.39, 0.29) is 35.7 Å². The molecule has 0 radical (unpaired) electrons. The van der Waals surface area contributed by atoms with E-state index in [1.54, 1.807) is 43.4 Å². The third-order valence-electron chi connectivity index (χ3n) is 5.89. The highest BCUT2D eigenvalue weighted by Crippen LogP contribution is 2.27. The lowest BCUT2D eigenvalue weighted by molar-refractivity contribution is -0.116. The number of para-hydroxylation sites is 1. The monoisotopic (exact) mass is 473 g/mol. The molecule has 2 amide bonds. The Morgan fingerprint density at radius 2 is 1.70 bits per heavy atom. The number of amides is 2. The van der Waals surface area contributed by atoms with E-state index in [2.05, 4.69) is 10.6 Å². The zero-order chi connectivity index (χ0) is 23.8. The van der Waals surface area contributed by atoms with Gasteiger partial charge in [-0.15, -0.1) is 0 Å². The minimum absolute atomic E-state index is 0.0363. The van der Waals surface area contributed by atoms with Crippen molar-refractivity contribution in [3.05, 3.63) is 54.1 Å². The Labute approximate surface area is 195 Å². The predicted octanol–water partition coefficient (Wildman–Crippen LogP) is 3.41. The molecule has 0 aliphatic heterocycles. The third-order valence-corrected chi connectivity index (χ3v) is 7.82. The average Bonchev–Trinajstić information content (AvgIpc) is 2.84. The lowest BCUT2D eigenvalue weighted by Gasteiger charge is -2.30. The van der Waals surface area contributed by atoms with Crippen molar-refractivity contribution in [3.63, 3.8) is 0 Å². The number of carbonyl (C=O) groups excluding carboxylic acids is 2. The molecule has 2 aromatic rings. The van der Waals surface area contributed by atoms with Crippen molar-refractivity contribution in [2.24, 2.45) is 0 Å². The van der Waals surface area contributed by atoms with Crippen LogP contribution in [0.3, 0.4) is 0 Å². The van der Waals surface area contributed by atoms with Crippen molar-refractivity contribution >= 4 is 27.5 Å². The van der Waals surface area contributed by atoms with Gasteiger partial charge in [0.25, 0.3) is 5.91 Å².